The lowest BCUT2D eigenvalue weighted by molar-refractivity contribution is -0.122. The fraction of sp³-hybridized carbons (Fsp3) is 0.625. The summed E-state index contributed by atoms with van der Waals surface area (Å²) in [4.78, 5) is 25.6. The van der Waals surface area contributed by atoms with E-state index in [-0.39, 0.29) is 36.0 Å². The first-order chi connectivity index (χ1) is 20.2. The van der Waals surface area contributed by atoms with Crippen LogP contribution < -0.4 is 15.0 Å². The number of pyridine rings is 1. The van der Waals surface area contributed by atoms with Crippen molar-refractivity contribution in [2.24, 2.45) is 0 Å². The number of piperazine rings is 1. The Labute approximate surface area is 249 Å². The quantitative estimate of drug-likeness (QED) is 0.483. The molecule has 10 heteroatoms. The first-order valence-electron chi connectivity index (χ1n) is 15.3. The zero-order valence-corrected chi connectivity index (χ0v) is 25.6. The molecule has 0 aliphatic carbocycles. The first-order valence-corrected chi connectivity index (χ1v) is 15.3. The molecule has 42 heavy (non-hydrogen) atoms. The van der Waals surface area contributed by atoms with Gasteiger partial charge in [-0.25, -0.2) is 9.37 Å². The van der Waals surface area contributed by atoms with Gasteiger partial charge in [0.1, 0.15) is 18.1 Å². The molecule has 2 aromatic rings. The lowest BCUT2D eigenvalue weighted by Crippen LogP contribution is -2.64. The summed E-state index contributed by atoms with van der Waals surface area (Å²) in [6, 6.07) is 9.33. The van der Waals surface area contributed by atoms with Crippen molar-refractivity contribution in [3.8, 4) is 5.88 Å². The molecular weight excluding hydrogens is 537 g/mol. The molecule has 1 aromatic carbocycles. The molecule has 0 unspecified atom stereocenters. The number of anilines is 1. The average Bonchev–Trinajstić information content (AvgIpc) is 2.95. The molecule has 0 bridgehead atoms. The van der Waals surface area contributed by atoms with E-state index < -0.39 is 0 Å². The van der Waals surface area contributed by atoms with Gasteiger partial charge in [-0.05, 0) is 70.4 Å². The fourth-order valence-electron chi connectivity index (χ4n) is 6.20. The third kappa shape index (κ3) is 7.47. The largest absolute Gasteiger partial charge is 0.474 e. The monoisotopic (exact) mass is 583 g/mol. The van der Waals surface area contributed by atoms with Crippen LogP contribution in [-0.2, 0) is 20.7 Å². The van der Waals surface area contributed by atoms with Crippen molar-refractivity contribution >= 4 is 11.6 Å². The molecule has 4 heterocycles. The van der Waals surface area contributed by atoms with Crippen molar-refractivity contribution in [2.45, 2.75) is 77.4 Å². The Bertz CT molecular complexity index is 1190. The van der Waals surface area contributed by atoms with Gasteiger partial charge >= 0.3 is 0 Å². The third-order valence-electron chi connectivity index (χ3n) is 8.48. The maximum atomic E-state index is 14.3. The molecular formula is C32H46FN5O4. The minimum Gasteiger partial charge on any atom is -0.474 e. The van der Waals surface area contributed by atoms with Gasteiger partial charge in [-0.1, -0.05) is 12.1 Å². The highest BCUT2D eigenvalue weighted by Gasteiger charge is 2.38. The van der Waals surface area contributed by atoms with Crippen LogP contribution in [0.15, 0.2) is 36.5 Å². The molecule has 5 atom stereocenters. The lowest BCUT2D eigenvalue weighted by atomic mass is 10.0. The SMILES string of the molecule is CC(C)OC[C@H]1COc2ncc(Cc3ccc(F)cc3)cc2N1C(=O)CN1C[C@@H](C)NC[C@@H]1CN1[C@H](C)COC[C@H]1C. The van der Waals surface area contributed by atoms with E-state index in [0.717, 1.165) is 44.0 Å². The number of carbonyl (C=O) groups excluding carboxylic acids is 1. The molecule has 2 fully saturated rings. The molecule has 3 aliphatic heterocycles. The minimum atomic E-state index is -0.270. The van der Waals surface area contributed by atoms with E-state index in [1.54, 1.807) is 18.3 Å². The van der Waals surface area contributed by atoms with Gasteiger partial charge in [-0.3, -0.25) is 19.5 Å². The van der Waals surface area contributed by atoms with Crippen molar-refractivity contribution in [3.63, 3.8) is 0 Å². The molecule has 1 amide bonds. The molecule has 1 aromatic heterocycles. The van der Waals surface area contributed by atoms with Crippen LogP contribution in [0.25, 0.3) is 0 Å². The zero-order valence-electron chi connectivity index (χ0n) is 25.6. The van der Waals surface area contributed by atoms with Crippen LogP contribution in [0.5, 0.6) is 5.88 Å². The Morgan fingerprint density at radius 2 is 1.83 bits per heavy atom. The summed E-state index contributed by atoms with van der Waals surface area (Å²) in [5.41, 5.74) is 2.56. The van der Waals surface area contributed by atoms with Gasteiger partial charge in [0.15, 0.2) is 0 Å². The summed E-state index contributed by atoms with van der Waals surface area (Å²) in [7, 11) is 0. The number of hydrogen-bond acceptors (Lipinski definition) is 8. The number of ether oxygens (including phenoxy) is 3. The van der Waals surface area contributed by atoms with Gasteiger partial charge in [0.25, 0.3) is 0 Å². The van der Waals surface area contributed by atoms with Gasteiger partial charge < -0.3 is 19.5 Å². The number of nitrogens with one attached hydrogen (secondary N) is 1. The number of hydrogen-bond donors (Lipinski definition) is 1. The number of carbonyl (C=O) groups is 1. The van der Waals surface area contributed by atoms with E-state index in [9.17, 15) is 9.18 Å². The van der Waals surface area contributed by atoms with Crippen LogP contribution in [0.3, 0.4) is 0 Å². The molecule has 1 N–H and O–H groups in total. The Balaban J connectivity index is 1.39. The maximum Gasteiger partial charge on any atom is 0.241 e. The van der Waals surface area contributed by atoms with Crippen LogP contribution >= 0.6 is 0 Å². The second-order valence-electron chi connectivity index (χ2n) is 12.4. The average molecular weight is 584 g/mol. The van der Waals surface area contributed by atoms with E-state index in [4.69, 9.17) is 14.2 Å². The zero-order chi connectivity index (χ0) is 29.8. The summed E-state index contributed by atoms with van der Waals surface area (Å²) in [6.07, 6.45) is 2.37. The number of rotatable bonds is 9. The van der Waals surface area contributed by atoms with Crippen LogP contribution in [0, 0.1) is 5.82 Å². The predicted molar refractivity (Wildman–Crippen MR) is 161 cm³/mol. The van der Waals surface area contributed by atoms with E-state index >= 15 is 0 Å². The highest BCUT2D eigenvalue weighted by Crippen LogP contribution is 2.34. The Morgan fingerprint density at radius 1 is 1.10 bits per heavy atom. The summed E-state index contributed by atoms with van der Waals surface area (Å²) >= 11 is 0. The Kier molecular flexibility index (Phi) is 10.1. The molecule has 5 rings (SSSR count). The number of fused-ring (bicyclic) bond motifs is 1. The molecule has 2 saturated heterocycles. The molecule has 0 saturated carbocycles. The summed E-state index contributed by atoms with van der Waals surface area (Å²) in [5, 5.41) is 3.63. The topological polar surface area (TPSA) is 79.4 Å². The van der Waals surface area contributed by atoms with E-state index in [1.807, 2.05) is 24.8 Å². The van der Waals surface area contributed by atoms with E-state index in [2.05, 4.69) is 40.9 Å². The minimum absolute atomic E-state index is 0.0137. The highest BCUT2D eigenvalue weighted by molar-refractivity contribution is 5.97. The smallest absolute Gasteiger partial charge is 0.241 e. The number of morpholine rings is 1. The van der Waals surface area contributed by atoms with Crippen molar-refractivity contribution in [1.29, 1.82) is 0 Å². The van der Waals surface area contributed by atoms with E-state index in [1.165, 1.54) is 12.1 Å². The van der Waals surface area contributed by atoms with Crippen molar-refractivity contribution in [3.05, 3.63) is 53.5 Å². The number of nitrogens with zero attached hydrogens (tertiary/aromatic N) is 4. The number of amides is 1. The fourth-order valence-corrected chi connectivity index (χ4v) is 6.20. The van der Waals surface area contributed by atoms with Crippen LogP contribution in [-0.4, -0.2) is 110 Å². The van der Waals surface area contributed by atoms with Crippen LogP contribution in [0.1, 0.15) is 45.7 Å². The second-order valence-corrected chi connectivity index (χ2v) is 12.4. The van der Waals surface area contributed by atoms with Crippen molar-refractivity contribution in [1.82, 2.24) is 20.1 Å². The lowest BCUT2D eigenvalue weighted by Gasteiger charge is -2.46. The summed E-state index contributed by atoms with van der Waals surface area (Å²) in [6.45, 7) is 15.5. The molecule has 230 valence electrons. The van der Waals surface area contributed by atoms with Gasteiger partial charge in [0, 0.05) is 50.0 Å². The highest BCUT2D eigenvalue weighted by atomic mass is 19.1. The van der Waals surface area contributed by atoms with Gasteiger partial charge in [0.2, 0.25) is 11.8 Å². The van der Waals surface area contributed by atoms with Crippen molar-refractivity contribution in [2.75, 3.05) is 57.5 Å². The Hall–Kier alpha value is -2.63. The van der Waals surface area contributed by atoms with Gasteiger partial charge in [-0.2, -0.15) is 0 Å². The first kappa shape index (κ1) is 30.8. The standard InChI is InChI=1S/C32H46FN5O4/c1-21(2)41-19-29-20-42-32-30(11-26(12-35-32)10-25-6-8-27(33)9-7-25)38(29)31(39)16-36-14-22(3)34-13-28(36)15-37-23(4)17-40-18-24(37)5/h6-9,11-12,21-24,28-29,34H,10,13-20H2,1-5H3/t22-,23-,24-,28-,29+/m1/s1. The normalized spacial score (nSPS) is 27.1. The van der Waals surface area contributed by atoms with Crippen LogP contribution in [0.4, 0.5) is 10.1 Å². The van der Waals surface area contributed by atoms with E-state index in [0.29, 0.717) is 49.8 Å². The van der Waals surface area contributed by atoms with Crippen molar-refractivity contribution < 1.29 is 23.4 Å². The number of aromatic nitrogens is 1. The second kappa shape index (κ2) is 13.8. The predicted octanol–water partition coefficient (Wildman–Crippen LogP) is 3.10. The maximum absolute atomic E-state index is 14.3. The van der Waals surface area contributed by atoms with Crippen LogP contribution in [0.2, 0.25) is 0 Å². The number of benzene rings is 1. The Morgan fingerprint density at radius 3 is 2.55 bits per heavy atom. The third-order valence-corrected chi connectivity index (χ3v) is 8.48. The molecule has 0 radical (unpaired) electrons. The number of halogens is 1. The molecule has 9 nitrogen and oxygen atoms in total. The van der Waals surface area contributed by atoms with Gasteiger partial charge in [-0.15, -0.1) is 0 Å². The molecule has 0 spiro atoms. The summed E-state index contributed by atoms with van der Waals surface area (Å²) < 4.78 is 31.3. The summed E-state index contributed by atoms with van der Waals surface area (Å²) in [5.74, 6) is 0.201. The molecule has 3 aliphatic rings. The van der Waals surface area contributed by atoms with Gasteiger partial charge in [0.05, 0.1) is 38.5 Å².